The topological polar surface area (TPSA) is 93.0 Å². The Bertz CT molecular complexity index is 373. The molecule has 1 aromatic rings. The van der Waals surface area contributed by atoms with Crippen molar-refractivity contribution in [1.82, 2.24) is 9.97 Å². The molecule has 0 aromatic carbocycles. The molecule has 1 aromatic heterocycles. The number of nitrogens with two attached hydrogens (primary N) is 1. The van der Waals surface area contributed by atoms with Crippen molar-refractivity contribution in [3.05, 3.63) is 5.82 Å². The molecule has 0 fully saturated rings. The summed E-state index contributed by atoms with van der Waals surface area (Å²) in [5.74, 6) is 1.37. The molecule has 1 atom stereocenters. The number of nitrogen functional groups attached to an aromatic ring is 1. The number of anilines is 2. The molecule has 90 valence electrons. The first-order valence-corrected chi connectivity index (χ1v) is 5.12. The highest BCUT2D eigenvalue weighted by molar-refractivity contribution is 5.80. The molecule has 6 heteroatoms. The van der Waals surface area contributed by atoms with Gasteiger partial charge in [0.25, 0.3) is 0 Å². The summed E-state index contributed by atoms with van der Waals surface area (Å²) in [7, 11) is 1.36. The standard InChI is InChI=1S/C10H18N4O2/c1-5(2)7(10(15)16-4)14-9-8(11)12-6(3)13-9/h5,7,14H,11H2,1-4H3,(H,12,13). The van der Waals surface area contributed by atoms with Gasteiger partial charge in [0.1, 0.15) is 17.7 Å². The van der Waals surface area contributed by atoms with Crippen molar-refractivity contribution in [3.63, 3.8) is 0 Å². The number of ether oxygens (including phenoxy) is 1. The van der Waals surface area contributed by atoms with Crippen LogP contribution in [0.4, 0.5) is 11.6 Å². The number of hydrogen-bond acceptors (Lipinski definition) is 5. The van der Waals surface area contributed by atoms with Crippen LogP contribution in [0.25, 0.3) is 0 Å². The number of nitrogens with zero attached hydrogens (tertiary/aromatic N) is 1. The summed E-state index contributed by atoms with van der Waals surface area (Å²) in [6.45, 7) is 5.64. The number of H-pyrrole nitrogens is 1. The Balaban J connectivity index is 2.83. The van der Waals surface area contributed by atoms with Crippen LogP contribution in [0.2, 0.25) is 0 Å². The van der Waals surface area contributed by atoms with E-state index in [1.54, 1.807) is 6.92 Å². The average Bonchev–Trinajstić information content (AvgIpc) is 2.52. The van der Waals surface area contributed by atoms with Crippen molar-refractivity contribution in [1.29, 1.82) is 0 Å². The first-order chi connectivity index (χ1) is 7.45. The number of aryl methyl sites for hydroxylation is 1. The van der Waals surface area contributed by atoms with Crippen LogP contribution >= 0.6 is 0 Å². The number of imidazole rings is 1. The Morgan fingerprint density at radius 2 is 2.19 bits per heavy atom. The van der Waals surface area contributed by atoms with Gasteiger partial charge < -0.3 is 20.8 Å². The molecule has 4 N–H and O–H groups in total. The monoisotopic (exact) mass is 226 g/mol. The van der Waals surface area contributed by atoms with E-state index in [4.69, 9.17) is 10.5 Å². The van der Waals surface area contributed by atoms with Gasteiger partial charge in [-0.25, -0.2) is 9.78 Å². The van der Waals surface area contributed by atoms with Crippen LogP contribution in [0.5, 0.6) is 0 Å². The molecule has 16 heavy (non-hydrogen) atoms. The van der Waals surface area contributed by atoms with Crippen molar-refractivity contribution >= 4 is 17.6 Å². The molecule has 0 aliphatic carbocycles. The van der Waals surface area contributed by atoms with Gasteiger partial charge in [-0.05, 0) is 12.8 Å². The maximum atomic E-state index is 11.5. The first-order valence-electron chi connectivity index (χ1n) is 5.12. The second kappa shape index (κ2) is 4.87. The molecule has 1 rings (SSSR count). The van der Waals surface area contributed by atoms with E-state index in [9.17, 15) is 4.79 Å². The minimum atomic E-state index is -0.449. The zero-order valence-electron chi connectivity index (χ0n) is 10.00. The lowest BCUT2D eigenvalue weighted by atomic mass is 10.1. The summed E-state index contributed by atoms with van der Waals surface area (Å²) in [5, 5.41) is 2.98. The van der Waals surface area contributed by atoms with Crippen LogP contribution in [0.15, 0.2) is 0 Å². The fraction of sp³-hybridized carbons (Fsp3) is 0.600. The SMILES string of the molecule is COC(=O)C(Nc1nc(C)[nH]c1N)C(C)C. The third-order valence-corrected chi connectivity index (χ3v) is 2.26. The number of esters is 1. The van der Waals surface area contributed by atoms with E-state index in [2.05, 4.69) is 15.3 Å². The van der Waals surface area contributed by atoms with Crippen molar-refractivity contribution in [2.75, 3.05) is 18.2 Å². The van der Waals surface area contributed by atoms with Crippen LogP contribution in [0.1, 0.15) is 19.7 Å². The van der Waals surface area contributed by atoms with Crippen LogP contribution in [0.3, 0.4) is 0 Å². The molecule has 6 nitrogen and oxygen atoms in total. The molecular weight excluding hydrogens is 208 g/mol. The van der Waals surface area contributed by atoms with Gasteiger partial charge in [0.2, 0.25) is 0 Å². The van der Waals surface area contributed by atoms with E-state index < -0.39 is 6.04 Å². The molecule has 0 spiro atoms. The molecule has 1 heterocycles. The van der Waals surface area contributed by atoms with E-state index in [0.717, 1.165) is 0 Å². The van der Waals surface area contributed by atoms with Crippen LogP contribution in [-0.2, 0) is 9.53 Å². The molecule has 1 unspecified atom stereocenters. The highest BCUT2D eigenvalue weighted by Gasteiger charge is 2.24. The lowest BCUT2D eigenvalue weighted by Gasteiger charge is -2.19. The Labute approximate surface area is 94.6 Å². The normalized spacial score (nSPS) is 12.6. The fourth-order valence-electron chi connectivity index (χ4n) is 1.39. The van der Waals surface area contributed by atoms with E-state index in [0.29, 0.717) is 17.5 Å². The van der Waals surface area contributed by atoms with E-state index in [1.165, 1.54) is 7.11 Å². The predicted molar refractivity (Wildman–Crippen MR) is 62.0 cm³/mol. The average molecular weight is 226 g/mol. The van der Waals surface area contributed by atoms with E-state index in [-0.39, 0.29) is 11.9 Å². The third kappa shape index (κ3) is 2.65. The number of aromatic amines is 1. The Hall–Kier alpha value is -1.72. The molecule has 0 aliphatic rings. The summed E-state index contributed by atoms with van der Waals surface area (Å²) >= 11 is 0. The number of aromatic nitrogens is 2. The summed E-state index contributed by atoms with van der Waals surface area (Å²) < 4.78 is 4.71. The van der Waals surface area contributed by atoms with Gasteiger partial charge in [0.05, 0.1) is 7.11 Å². The van der Waals surface area contributed by atoms with Gasteiger partial charge in [0, 0.05) is 0 Å². The number of carbonyl (C=O) groups is 1. The highest BCUT2D eigenvalue weighted by atomic mass is 16.5. The number of rotatable bonds is 4. The van der Waals surface area contributed by atoms with Crippen LogP contribution in [0, 0.1) is 12.8 Å². The molecule has 0 saturated heterocycles. The van der Waals surface area contributed by atoms with Gasteiger partial charge >= 0.3 is 5.97 Å². The van der Waals surface area contributed by atoms with E-state index >= 15 is 0 Å². The fourth-order valence-corrected chi connectivity index (χ4v) is 1.39. The van der Waals surface area contributed by atoms with Gasteiger partial charge in [0.15, 0.2) is 5.82 Å². The molecular formula is C10H18N4O2. The van der Waals surface area contributed by atoms with Gasteiger partial charge in [-0.2, -0.15) is 0 Å². The Morgan fingerprint density at radius 3 is 2.56 bits per heavy atom. The highest BCUT2D eigenvalue weighted by Crippen LogP contribution is 2.18. The first kappa shape index (κ1) is 12.4. The van der Waals surface area contributed by atoms with Gasteiger partial charge in [-0.3, -0.25) is 0 Å². The smallest absolute Gasteiger partial charge is 0.328 e. The summed E-state index contributed by atoms with van der Waals surface area (Å²) in [6.07, 6.45) is 0. The second-order valence-corrected chi connectivity index (χ2v) is 3.97. The number of nitrogens with one attached hydrogen (secondary N) is 2. The third-order valence-electron chi connectivity index (χ3n) is 2.26. The van der Waals surface area contributed by atoms with Crippen LogP contribution in [-0.4, -0.2) is 29.1 Å². The summed E-state index contributed by atoms with van der Waals surface area (Å²) in [5.41, 5.74) is 5.70. The van der Waals surface area contributed by atoms with Crippen molar-refractivity contribution in [2.45, 2.75) is 26.8 Å². The maximum absolute atomic E-state index is 11.5. The second-order valence-electron chi connectivity index (χ2n) is 3.97. The lowest BCUT2D eigenvalue weighted by molar-refractivity contribution is -0.142. The van der Waals surface area contributed by atoms with Crippen LogP contribution < -0.4 is 11.1 Å². The largest absolute Gasteiger partial charge is 0.467 e. The predicted octanol–water partition coefficient (Wildman–Crippen LogP) is 0.910. The number of carbonyl (C=O) groups excluding carboxylic acids is 1. The number of methoxy groups -OCH3 is 1. The quantitative estimate of drug-likeness (QED) is 0.663. The Kier molecular flexibility index (Phi) is 3.76. The van der Waals surface area contributed by atoms with Crippen molar-refractivity contribution in [2.24, 2.45) is 5.92 Å². The maximum Gasteiger partial charge on any atom is 0.328 e. The van der Waals surface area contributed by atoms with Gasteiger partial charge in [-0.15, -0.1) is 0 Å². The molecule has 0 saturated carbocycles. The minimum absolute atomic E-state index is 0.0869. The zero-order chi connectivity index (χ0) is 12.3. The van der Waals surface area contributed by atoms with Crippen molar-refractivity contribution < 1.29 is 9.53 Å². The van der Waals surface area contributed by atoms with Crippen molar-refractivity contribution in [3.8, 4) is 0 Å². The number of hydrogen-bond donors (Lipinski definition) is 3. The minimum Gasteiger partial charge on any atom is -0.467 e. The molecule has 0 bridgehead atoms. The lowest BCUT2D eigenvalue weighted by Crippen LogP contribution is -2.35. The summed E-state index contributed by atoms with van der Waals surface area (Å²) in [4.78, 5) is 18.5. The molecule has 0 aliphatic heterocycles. The zero-order valence-corrected chi connectivity index (χ0v) is 10.00. The molecule has 0 radical (unpaired) electrons. The molecule has 0 amide bonds. The Morgan fingerprint density at radius 1 is 1.56 bits per heavy atom. The van der Waals surface area contributed by atoms with Gasteiger partial charge in [-0.1, -0.05) is 13.8 Å². The van der Waals surface area contributed by atoms with E-state index in [1.807, 2.05) is 13.8 Å². The summed E-state index contributed by atoms with van der Waals surface area (Å²) in [6, 6.07) is -0.449.